The number of aryl methyl sites for hydroxylation is 1. The van der Waals surface area contributed by atoms with Gasteiger partial charge in [-0.1, -0.05) is 48.5 Å². The number of nitrogens with one attached hydrogen (secondary N) is 1. The number of aromatic nitrogens is 2. The molecule has 2 rings (SSSR count). The topological polar surface area (TPSA) is 47.0 Å². The van der Waals surface area contributed by atoms with Crippen LogP contribution in [0.1, 0.15) is 24.5 Å². The average Bonchev–Trinajstić information content (AvgIpc) is 2.50. The number of thioether (sulfide) groups is 1. The van der Waals surface area contributed by atoms with Gasteiger partial charge in [0.15, 0.2) is 11.6 Å². The van der Waals surface area contributed by atoms with Crippen molar-refractivity contribution in [3.8, 4) is 5.75 Å². The largest absolute Gasteiger partial charge is 0.490 e. The molecule has 0 radical (unpaired) electrons. The van der Waals surface area contributed by atoms with Gasteiger partial charge in [0, 0.05) is 12.3 Å². The van der Waals surface area contributed by atoms with Crippen LogP contribution in [0.4, 0.5) is 5.82 Å². The molecule has 1 aromatic carbocycles. The van der Waals surface area contributed by atoms with Crippen LogP contribution >= 0.6 is 11.8 Å². The summed E-state index contributed by atoms with van der Waals surface area (Å²) in [5.41, 5.74) is 2.55. The van der Waals surface area contributed by atoms with Crippen molar-refractivity contribution in [1.29, 1.82) is 0 Å². The van der Waals surface area contributed by atoms with Crippen LogP contribution < -0.4 is 10.1 Å². The van der Waals surface area contributed by atoms with Crippen LogP contribution in [-0.4, -0.2) is 23.6 Å². The maximum atomic E-state index is 5.48. The zero-order valence-electron chi connectivity index (χ0n) is 12.7. The molecule has 0 atom stereocenters. The molecule has 2 aromatic rings. The third-order valence-electron chi connectivity index (χ3n) is 2.98. The van der Waals surface area contributed by atoms with Gasteiger partial charge in [-0.2, -0.15) is 0 Å². The van der Waals surface area contributed by atoms with E-state index in [4.69, 9.17) is 4.74 Å². The molecule has 0 spiro atoms. The lowest BCUT2D eigenvalue weighted by Crippen LogP contribution is -2.05. The summed E-state index contributed by atoms with van der Waals surface area (Å²) in [4.78, 5) is 8.60. The van der Waals surface area contributed by atoms with Crippen LogP contribution in [-0.2, 0) is 5.75 Å². The number of hydrogen-bond donors (Lipinski definition) is 1. The van der Waals surface area contributed by atoms with Crippen molar-refractivity contribution in [3.63, 3.8) is 0 Å². The minimum Gasteiger partial charge on any atom is -0.490 e. The van der Waals surface area contributed by atoms with E-state index in [1.165, 1.54) is 11.1 Å². The zero-order valence-corrected chi connectivity index (χ0v) is 13.5. The van der Waals surface area contributed by atoms with Gasteiger partial charge in [0.1, 0.15) is 11.4 Å². The molecule has 0 bridgehead atoms. The lowest BCUT2D eigenvalue weighted by atomic mass is 10.2. The number of nitrogens with zero attached hydrogens (tertiary/aromatic N) is 2. The van der Waals surface area contributed by atoms with Crippen molar-refractivity contribution < 1.29 is 4.74 Å². The Balaban J connectivity index is 2.12. The molecule has 0 aliphatic rings. The standard InChI is InChI=1S/C16H21N3OS/c1-4-8-17-15-14(20-3)16(19-11-18-15)21-10-13-7-5-6-12(2)9-13/h5-7,9,11H,4,8,10H2,1-3H3,(H,17,18,19). The Morgan fingerprint density at radius 1 is 1.29 bits per heavy atom. The van der Waals surface area contributed by atoms with Gasteiger partial charge in [0.2, 0.25) is 0 Å². The first-order valence-electron chi connectivity index (χ1n) is 7.05. The Bertz CT molecular complexity index is 589. The minimum atomic E-state index is 0.726. The first-order chi connectivity index (χ1) is 10.2. The van der Waals surface area contributed by atoms with Crippen LogP contribution in [0, 0.1) is 6.92 Å². The van der Waals surface area contributed by atoms with Gasteiger partial charge in [0.05, 0.1) is 7.11 Å². The van der Waals surface area contributed by atoms with Gasteiger partial charge in [-0.25, -0.2) is 9.97 Å². The predicted octanol–water partition coefficient (Wildman–Crippen LogP) is 3.91. The van der Waals surface area contributed by atoms with E-state index < -0.39 is 0 Å². The second kappa shape index (κ2) is 7.88. The summed E-state index contributed by atoms with van der Waals surface area (Å²) in [6.45, 7) is 5.09. The van der Waals surface area contributed by atoms with Crippen LogP contribution in [0.2, 0.25) is 0 Å². The van der Waals surface area contributed by atoms with E-state index in [-0.39, 0.29) is 0 Å². The Morgan fingerprint density at radius 3 is 2.86 bits per heavy atom. The lowest BCUT2D eigenvalue weighted by Gasteiger charge is -2.12. The van der Waals surface area contributed by atoms with Crippen molar-refractivity contribution in [2.75, 3.05) is 19.0 Å². The molecule has 5 heteroatoms. The zero-order chi connectivity index (χ0) is 15.1. The quantitative estimate of drug-likeness (QED) is 0.621. The summed E-state index contributed by atoms with van der Waals surface area (Å²) in [5, 5.41) is 4.14. The van der Waals surface area contributed by atoms with E-state index in [2.05, 4.69) is 53.4 Å². The van der Waals surface area contributed by atoms with E-state index in [0.717, 1.165) is 35.3 Å². The smallest absolute Gasteiger partial charge is 0.193 e. The van der Waals surface area contributed by atoms with Gasteiger partial charge < -0.3 is 10.1 Å². The Morgan fingerprint density at radius 2 is 2.14 bits per heavy atom. The van der Waals surface area contributed by atoms with Gasteiger partial charge in [0.25, 0.3) is 0 Å². The second-order valence-electron chi connectivity index (χ2n) is 4.77. The average molecular weight is 303 g/mol. The van der Waals surface area contributed by atoms with Crippen molar-refractivity contribution >= 4 is 17.6 Å². The molecule has 1 heterocycles. The molecule has 0 aliphatic carbocycles. The summed E-state index contributed by atoms with van der Waals surface area (Å²) in [6.07, 6.45) is 2.62. The molecule has 0 amide bonds. The van der Waals surface area contributed by atoms with E-state index in [9.17, 15) is 0 Å². The maximum Gasteiger partial charge on any atom is 0.193 e. The third-order valence-corrected chi connectivity index (χ3v) is 4.02. The molecule has 1 N–H and O–H groups in total. The summed E-state index contributed by atoms with van der Waals surface area (Å²) < 4.78 is 5.48. The molecule has 0 saturated carbocycles. The first-order valence-corrected chi connectivity index (χ1v) is 8.04. The number of rotatable bonds is 7. The summed E-state index contributed by atoms with van der Waals surface area (Å²) >= 11 is 1.66. The fourth-order valence-corrected chi connectivity index (χ4v) is 2.88. The molecule has 112 valence electrons. The van der Waals surface area contributed by atoms with Gasteiger partial charge >= 0.3 is 0 Å². The summed E-state index contributed by atoms with van der Waals surface area (Å²) in [5.74, 6) is 2.35. The van der Waals surface area contributed by atoms with Gasteiger partial charge in [-0.05, 0) is 18.9 Å². The second-order valence-corrected chi connectivity index (χ2v) is 5.73. The van der Waals surface area contributed by atoms with Crippen LogP contribution in [0.5, 0.6) is 5.75 Å². The number of anilines is 1. The van der Waals surface area contributed by atoms with Crippen molar-refractivity contribution in [1.82, 2.24) is 9.97 Å². The Labute approximate surface area is 130 Å². The highest BCUT2D eigenvalue weighted by Crippen LogP contribution is 2.34. The van der Waals surface area contributed by atoms with E-state index in [1.54, 1.807) is 25.2 Å². The highest BCUT2D eigenvalue weighted by molar-refractivity contribution is 7.98. The number of methoxy groups -OCH3 is 1. The maximum absolute atomic E-state index is 5.48. The van der Waals surface area contributed by atoms with Gasteiger partial charge in [-0.15, -0.1) is 0 Å². The number of benzene rings is 1. The number of ether oxygens (including phenoxy) is 1. The summed E-state index contributed by atoms with van der Waals surface area (Å²) in [7, 11) is 1.66. The lowest BCUT2D eigenvalue weighted by molar-refractivity contribution is 0.400. The van der Waals surface area contributed by atoms with E-state index in [1.807, 2.05) is 0 Å². The SMILES string of the molecule is CCCNc1ncnc(SCc2cccc(C)c2)c1OC. The fourth-order valence-electron chi connectivity index (χ4n) is 1.97. The van der Waals surface area contributed by atoms with Crippen molar-refractivity contribution in [2.45, 2.75) is 31.0 Å². The molecular weight excluding hydrogens is 282 g/mol. The molecule has 21 heavy (non-hydrogen) atoms. The third kappa shape index (κ3) is 4.36. The molecule has 0 unspecified atom stereocenters. The normalized spacial score (nSPS) is 10.4. The molecule has 1 aromatic heterocycles. The van der Waals surface area contributed by atoms with Crippen LogP contribution in [0.3, 0.4) is 0 Å². The monoisotopic (exact) mass is 303 g/mol. The molecule has 0 fully saturated rings. The molecule has 0 saturated heterocycles. The van der Waals surface area contributed by atoms with Crippen LogP contribution in [0.15, 0.2) is 35.6 Å². The Kier molecular flexibility index (Phi) is 5.87. The predicted molar refractivity (Wildman–Crippen MR) is 88.1 cm³/mol. The molecule has 0 aliphatic heterocycles. The fraction of sp³-hybridized carbons (Fsp3) is 0.375. The molecule has 4 nitrogen and oxygen atoms in total. The molecular formula is C16H21N3OS. The first kappa shape index (κ1) is 15.6. The van der Waals surface area contributed by atoms with Crippen LogP contribution in [0.25, 0.3) is 0 Å². The van der Waals surface area contributed by atoms with E-state index >= 15 is 0 Å². The highest BCUT2D eigenvalue weighted by atomic mass is 32.2. The minimum absolute atomic E-state index is 0.726. The van der Waals surface area contributed by atoms with E-state index in [0.29, 0.717) is 0 Å². The highest BCUT2D eigenvalue weighted by Gasteiger charge is 2.12. The van der Waals surface area contributed by atoms with Gasteiger partial charge in [-0.3, -0.25) is 0 Å². The van der Waals surface area contributed by atoms with Crippen molar-refractivity contribution in [2.24, 2.45) is 0 Å². The van der Waals surface area contributed by atoms with Crippen molar-refractivity contribution in [3.05, 3.63) is 41.7 Å². The number of hydrogen-bond acceptors (Lipinski definition) is 5. The summed E-state index contributed by atoms with van der Waals surface area (Å²) in [6, 6.07) is 8.50. The Hall–Kier alpha value is -1.75.